The molecule has 0 unspecified atom stereocenters. The predicted octanol–water partition coefficient (Wildman–Crippen LogP) is 2.96. The summed E-state index contributed by atoms with van der Waals surface area (Å²) in [5, 5.41) is 11.7. The number of aromatic nitrogens is 4. The molecule has 1 aromatic heterocycles. The smallest absolute Gasteiger partial charge is 0.416 e. The molecule has 0 fully saturated rings. The number of ether oxygens (including phenoxy) is 2. The van der Waals surface area contributed by atoms with Gasteiger partial charge in [-0.3, -0.25) is 4.79 Å². The van der Waals surface area contributed by atoms with E-state index in [1.807, 2.05) is 12.1 Å². The Balaban J connectivity index is 1.46. The molecule has 0 aliphatic carbocycles. The quantitative estimate of drug-likeness (QED) is 0.598. The number of hydrogen-bond acceptors (Lipinski definition) is 6. The molecule has 8 nitrogen and oxygen atoms in total. The van der Waals surface area contributed by atoms with Gasteiger partial charge in [-0.2, -0.15) is 18.0 Å². The maximum Gasteiger partial charge on any atom is 0.416 e. The second-order valence-electron chi connectivity index (χ2n) is 7.26. The van der Waals surface area contributed by atoms with Crippen molar-refractivity contribution in [3.05, 3.63) is 53.1 Å². The summed E-state index contributed by atoms with van der Waals surface area (Å²) in [7, 11) is 3.12. The van der Waals surface area contributed by atoms with Gasteiger partial charge in [0.2, 0.25) is 11.7 Å². The fraction of sp³-hybridized carbons (Fsp3) is 0.333. The van der Waals surface area contributed by atoms with Gasteiger partial charge in [0.05, 0.1) is 19.8 Å². The normalized spacial score (nSPS) is 13.6. The van der Waals surface area contributed by atoms with Gasteiger partial charge < -0.3 is 14.4 Å². The Morgan fingerprint density at radius 2 is 1.81 bits per heavy atom. The summed E-state index contributed by atoms with van der Waals surface area (Å²) in [6, 6.07) is 8.42. The van der Waals surface area contributed by atoms with E-state index in [-0.39, 0.29) is 23.8 Å². The van der Waals surface area contributed by atoms with E-state index in [2.05, 4.69) is 15.4 Å². The van der Waals surface area contributed by atoms with Crippen molar-refractivity contribution in [1.29, 1.82) is 0 Å². The fourth-order valence-electron chi connectivity index (χ4n) is 3.58. The lowest BCUT2D eigenvalue weighted by atomic mass is 9.98. The van der Waals surface area contributed by atoms with E-state index in [4.69, 9.17) is 9.47 Å². The highest BCUT2D eigenvalue weighted by Crippen LogP contribution is 2.33. The van der Waals surface area contributed by atoms with Crippen LogP contribution in [0.25, 0.3) is 11.4 Å². The minimum Gasteiger partial charge on any atom is -0.493 e. The van der Waals surface area contributed by atoms with Gasteiger partial charge in [-0.1, -0.05) is 12.1 Å². The Labute approximate surface area is 181 Å². The Kier molecular flexibility index (Phi) is 5.72. The molecule has 32 heavy (non-hydrogen) atoms. The van der Waals surface area contributed by atoms with E-state index < -0.39 is 11.7 Å². The average molecular weight is 447 g/mol. The number of amides is 1. The van der Waals surface area contributed by atoms with Crippen LogP contribution < -0.4 is 9.47 Å². The molecule has 1 aliphatic rings. The third-order valence-corrected chi connectivity index (χ3v) is 5.25. The third-order valence-electron chi connectivity index (χ3n) is 5.25. The Morgan fingerprint density at radius 1 is 1.09 bits per heavy atom. The van der Waals surface area contributed by atoms with Crippen LogP contribution in [0.1, 0.15) is 16.7 Å². The first-order valence-electron chi connectivity index (χ1n) is 9.75. The Bertz CT molecular complexity index is 1150. The number of hydrogen-bond donors (Lipinski definition) is 0. The molecule has 0 bridgehead atoms. The van der Waals surface area contributed by atoms with E-state index in [9.17, 15) is 18.0 Å². The topological polar surface area (TPSA) is 82.4 Å². The SMILES string of the molecule is COc1cc2c(cc1OC)CN(C(=O)Cn1nnc(-c3cccc(C(F)(F)F)c3)n1)CC2. The fourth-order valence-corrected chi connectivity index (χ4v) is 3.58. The van der Waals surface area contributed by atoms with Crippen LogP contribution >= 0.6 is 0 Å². The van der Waals surface area contributed by atoms with Gasteiger partial charge in [0, 0.05) is 18.7 Å². The van der Waals surface area contributed by atoms with E-state index in [1.165, 1.54) is 12.1 Å². The van der Waals surface area contributed by atoms with Crippen molar-refractivity contribution in [2.24, 2.45) is 0 Å². The zero-order valence-corrected chi connectivity index (χ0v) is 17.4. The monoisotopic (exact) mass is 447 g/mol. The second kappa shape index (κ2) is 8.48. The van der Waals surface area contributed by atoms with E-state index in [1.54, 1.807) is 19.1 Å². The lowest BCUT2D eigenvalue weighted by Crippen LogP contribution is -2.38. The van der Waals surface area contributed by atoms with Crippen LogP contribution in [0.15, 0.2) is 36.4 Å². The summed E-state index contributed by atoms with van der Waals surface area (Å²) in [5.41, 5.74) is 1.41. The standard InChI is InChI=1S/C21H20F3N5O3/c1-31-17-9-13-6-7-28(11-15(13)10-18(17)32-2)19(30)12-29-26-20(25-27-29)14-4-3-5-16(8-14)21(22,23)24/h3-5,8-10H,6-7,11-12H2,1-2H3. The lowest BCUT2D eigenvalue weighted by molar-refractivity contribution is -0.137. The highest BCUT2D eigenvalue weighted by Gasteiger charge is 2.31. The van der Waals surface area contributed by atoms with Crippen molar-refractivity contribution in [3.8, 4) is 22.9 Å². The van der Waals surface area contributed by atoms with Gasteiger partial charge in [-0.15, -0.1) is 10.2 Å². The van der Waals surface area contributed by atoms with Crippen LogP contribution in [0.4, 0.5) is 13.2 Å². The first-order chi connectivity index (χ1) is 15.3. The molecular formula is C21H20F3N5O3. The van der Waals surface area contributed by atoms with E-state index >= 15 is 0 Å². The van der Waals surface area contributed by atoms with Gasteiger partial charge in [0.1, 0.15) is 6.54 Å². The number of methoxy groups -OCH3 is 2. The Morgan fingerprint density at radius 3 is 2.50 bits per heavy atom. The van der Waals surface area contributed by atoms with E-state index in [0.717, 1.165) is 28.1 Å². The molecule has 0 saturated heterocycles. The van der Waals surface area contributed by atoms with Crippen molar-refractivity contribution in [2.75, 3.05) is 20.8 Å². The van der Waals surface area contributed by atoms with Gasteiger partial charge in [0.25, 0.3) is 0 Å². The minimum atomic E-state index is -4.47. The molecular weight excluding hydrogens is 427 g/mol. The summed E-state index contributed by atoms with van der Waals surface area (Å²) < 4.78 is 49.5. The number of benzene rings is 2. The number of halogens is 3. The van der Waals surface area contributed by atoms with Crippen LogP contribution in [0.3, 0.4) is 0 Å². The summed E-state index contributed by atoms with van der Waals surface area (Å²) in [6.45, 7) is 0.731. The molecule has 1 aliphatic heterocycles. The molecule has 0 radical (unpaired) electrons. The highest BCUT2D eigenvalue weighted by atomic mass is 19.4. The molecule has 11 heteroatoms. The highest BCUT2D eigenvalue weighted by molar-refractivity contribution is 5.76. The zero-order valence-electron chi connectivity index (χ0n) is 17.4. The summed E-state index contributed by atoms with van der Waals surface area (Å²) >= 11 is 0. The largest absolute Gasteiger partial charge is 0.493 e. The number of rotatable bonds is 5. The summed E-state index contributed by atoms with van der Waals surface area (Å²) in [4.78, 5) is 15.5. The number of alkyl halides is 3. The van der Waals surface area contributed by atoms with Crippen molar-refractivity contribution < 1.29 is 27.4 Å². The van der Waals surface area contributed by atoms with Crippen LogP contribution in [0.5, 0.6) is 11.5 Å². The summed E-state index contributed by atoms with van der Waals surface area (Å²) in [5.74, 6) is 1.02. The van der Waals surface area contributed by atoms with Gasteiger partial charge >= 0.3 is 6.18 Å². The molecule has 0 N–H and O–H groups in total. The maximum absolute atomic E-state index is 12.9. The van der Waals surface area contributed by atoms with Crippen molar-refractivity contribution >= 4 is 5.91 Å². The predicted molar refractivity (Wildman–Crippen MR) is 107 cm³/mol. The Hall–Kier alpha value is -3.63. The number of carbonyl (C=O) groups excluding carboxylic acids is 1. The zero-order chi connectivity index (χ0) is 22.9. The average Bonchev–Trinajstić information content (AvgIpc) is 3.25. The van der Waals surface area contributed by atoms with Gasteiger partial charge in [-0.25, -0.2) is 0 Å². The van der Waals surface area contributed by atoms with Crippen molar-refractivity contribution in [3.63, 3.8) is 0 Å². The van der Waals surface area contributed by atoms with Crippen molar-refractivity contribution in [2.45, 2.75) is 25.7 Å². The molecule has 0 spiro atoms. The van der Waals surface area contributed by atoms with E-state index in [0.29, 0.717) is 31.0 Å². The molecule has 2 aromatic carbocycles. The molecule has 0 atom stereocenters. The number of tetrazole rings is 1. The maximum atomic E-state index is 12.9. The van der Waals surface area contributed by atoms with Crippen LogP contribution in [0.2, 0.25) is 0 Å². The molecule has 0 saturated carbocycles. The van der Waals surface area contributed by atoms with Crippen LogP contribution in [-0.4, -0.2) is 51.8 Å². The summed E-state index contributed by atoms with van der Waals surface area (Å²) in [6.07, 6.45) is -3.82. The molecule has 4 rings (SSSR count). The van der Waals surface area contributed by atoms with Crippen LogP contribution in [-0.2, 0) is 30.5 Å². The van der Waals surface area contributed by atoms with Crippen LogP contribution in [0, 0.1) is 0 Å². The minimum absolute atomic E-state index is 0.0183. The van der Waals surface area contributed by atoms with Gasteiger partial charge in [0.15, 0.2) is 11.5 Å². The van der Waals surface area contributed by atoms with Crippen molar-refractivity contribution in [1.82, 2.24) is 25.1 Å². The first kappa shape index (κ1) is 21.6. The molecule has 2 heterocycles. The number of nitrogens with zero attached hydrogens (tertiary/aromatic N) is 5. The number of carbonyl (C=O) groups is 1. The molecule has 3 aromatic rings. The second-order valence-corrected chi connectivity index (χ2v) is 7.26. The first-order valence-corrected chi connectivity index (χ1v) is 9.75. The third kappa shape index (κ3) is 4.36. The molecule has 1 amide bonds. The lowest BCUT2D eigenvalue weighted by Gasteiger charge is -2.29. The number of fused-ring (bicyclic) bond motifs is 1. The molecule has 168 valence electrons. The van der Waals surface area contributed by atoms with Gasteiger partial charge in [-0.05, 0) is 47.0 Å².